The van der Waals surface area contributed by atoms with Gasteiger partial charge in [0.05, 0.1) is 19.2 Å². The van der Waals surface area contributed by atoms with Crippen LogP contribution in [-0.4, -0.2) is 0 Å². The molecule has 0 atom stereocenters. The van der Waals surface area contributed by atoms with Crippen molar-refractivity contribution in [3.8, 4) is 0 Å². The molecule has 0 bridgehead atoms. The highest BCUT2D eigenvalue weighted by Gasteiger charge is 2.14. The predicted molar refractivity (Wildman–Crippen MR) is 105 cm³/mol. The molecule has 6 rings (SSSR count). The van der Waals surface area contributed by atoms with Gasteiger partial charge in [-0.05, 0) is 59.9 Å². The summed E-state index contributed by atoms with van der Waals surface area (Å²) in [6.45, 7) is 0. The van der Waals surface area contributed by atoms with Crippen molar-refractivity contribution in [1.82, 2.24) is 0 Å². The molecule has 0 spiro atoms. The predicted octanol–water partition coefficient (Wildman–Crippen LogP) is 6.89. The summed E-state index contributed by atoms with van der Waals surface area (Å²) < 4.78 is 119. The van der Waals surface area contributed by atoms with Crippen LogP contribution in [0.15, 0.2) is 84.6 Å². The highest BCUT2D eigenvalue weighted by molar-refractivity contribution is 6.37. The van der Waals surface area contributed by atoms with E-state index in [4.69, 9.17) is 19.2 Å². The SMILES string of the molecule is [2H]c1c([2H])c([2H])c2c(c1[2H])c([2H])c1c3c([2H])c([2H])c([2H])c([2H])c3c3c([2H])c([2H])c([2H])c4c([2H])c([2H])c2c1c43. The van der Waals surface area contributed by atoms with Gasteiger partial charge < -0.3 is 0 Å². The zero-order valence-electron chi connectivity index (χ0n) is 26.0. The third-order valence-corrected chi connectivity index (χ3v) is 4.31. The van der Waals surface area contributed by atoms with Crippen molar-refractivity contribution in [2.45, 2.75) is 0 Å². The van der Waals surface area contributed by atoms with E-state index in [0.29, 0.717) is 0 Å². The molecular weight excluding hydrogens is 288 g/mol. The third kappa shape index (κ3) is 1.39. The van der Waals surface area contributed by atoms with Crippen LogP contribution in [0, 0.1) is 0 Å². The molecule has 0 N–H and O–H groups in total. The molecule has 0 saturated carbocycles. The lowest BCUT2D eigenvalue weighted by molar-refractivity contribution is 1.78. The van der Waals surface area contributed by atoms with Crippen LogP contribution in [0.1, 0.15) is 19.2 Å². The van der Waals surface area contributed by atoms with Crippen molar-refractivity contribution in [3.05, 3.63) is 84.6 Å². The smallest absolute Gasteiger partial charge is 0.0616 e. The zero-order valence-corrected chi connectivity index (χ0v) is 12.0. The molecule has 0 nitrogen and oxygen atoms in total. The normalized spacial score (nSPS) is 20.3. The van der Waals surface area contributed by atoms with E-state index in [9.17, 15) is 0 Å². The highest BCUT2D eigenvalue weighted by atomic mass is 14.2. The second kappa shape index (κ2) is 4.24. The van der Waals surface area contributed by atoms with Gasteiger partial charge in [0.1, 0.15) is 0 Å². The fourth-order valence-corrected chi connectivity index (χ4v) is 3.34. The van der Waals surface area contributed by atoms with E-state index in [2.05, 4.69) is 0 Å². The van der Waals surface area contributed by atoms with E-state index in [-0.39, 0.29) is 53.9 Å². The maximum atomic E-state index is 9.09. The quantitative estimate of drug-likeness (QED) is 0.211. The Morgan fingerprint density at radius 3 is 1.92 bits per heavy atom. The summed E-state index contributed by atoms with van der Waals surface area (Å²) in [5.74, 6) is 0. The Morgan fingerprint density at radius 1 is 0.417 bits per heavy atom. The molecule has 110 valence electrons. The van der Waals surface area contributed by atoms with Crippen molar-refractivity contribution in [2.75, 3.05) is 0 Å². The lowest BCUT2D eigenvalue weighted by Crippen LogP contribution is -1.88. The van der Waals surface area contributed by atoms with Gasteiger partial charge in [0.2, 0.25) is 0 Å². The van der Waals surface area contributed by atoms with E-state index in [0.717, 1.165) is 0 Å². The molecule has 0 radical (unpaired) electrons. The Hall–Kier alpha value is -3.12. The summed E-state index contributed by atoms with van der Waals surface area (Å²) in [7, 11) is 0. The maximum Gasteiger partial charge on any atom is 0.0636 e. The van der Waals surface area contributed by atoms with Crippen LogP contribution in [0.3, 0.4) is 0 Å². The minimum atomic E-state index is -0.631. The van der Waals surface area contributed by atoms with Crippen LogP contribution >= 0.6 is 0 Å². The average molecular weight is 316 g/mol. The van der Waals surface area contributed by atoms with Crippen molar-refractivity contribution in [1.29, 1.82) is 0 Å². The molecule has 0 aliphatic rings. The first-order chi connectivity index (χ1) is 17.7. The Labute approximate surface area is 158 Å². The largest absolute Gasteiger partial charge is 0.0636 e. The number of hydrogen-bond acceptors (Lipinski definition) is 0. The average Bonchev–Trinajstić information content (AvgIpc) is 2.89. The number of rotatable bonds is 0. The van der Waals surface area contributed by atoms with E-state index in [1.807, 2.05) is 0 Å². The van der Waals surface area contributed by atoms with Crippen molar-refractivity contribution in [2.24, 2.45) is 0 Å². The second-order valence-electron chi connectivity index (χ2n) is 5.50. The van der Waals surface area contributed by atoms with Crippen molar-refractivity contribution in [3.63, 3.8) is 0 Å². The molecule has 6 aromatic carbocycles. The van der Waals surface area contributed by atoms with Crippen LogP contribution in [0.25, 0.3) is 53.9 Å². The number of fused-ring (bicyclic) bond motifs is 5. The number of hydrogen-bond donors (Lipinski definition) is 0. The number of benzene rings is 6. The van der Waals surface area contributed by atoms with Gasteiger partial charge in [-0.3, -0.25) is 0 Å². The molecule has 0 aliphatic carbocycles. The van der Waals surface area contributed by atoms with E-state index >= 15 is 0 Å². The van der Waals surface area contributed by atoms with Gasteiger partial charge in [-0.2, -0.15) is 0 Å². The lowest BCUT2D eigenvalue weighted by atomic mass is 9.87. The molecule has 0 amide bonds. The van der Waals surface area contributed by atoms with Gasteiger partial charge in [0.15, 0.2) is 0 Å². The molecule has 6 aromatic rings. The zero-order chi connectivity index (χ0) is 27.9. The monoisotopic (exact) mass is 316 g/mol. The molecule has 0 heterocycles. The topological polar surface area (TPSA) is 0 Å². The first kappa shape index (κ1) is 5.19. The van der Waals surface area contributed by atoms with Crippen LogP contribution in [0.5, 0.6) is 0 Å². The molecule has 24 heavy (non-hydrogen) atoms. The van der Waals surface area contributed by atoms with Crippen LogP contribution in [0.2, 0.25) is 0 Å². The Kier molecular flexibility index (Phi) is 0.917. The fraction of sp³-hybridized carbons (Fsp3) is 0. The molecule has 0 aromatic heterocycles. The standard InChI is InChI=1S/C24H14/c1-2-8-17-16(6-1)14-22-19-10-4-3-9-18(19)20-11-5-7-15-12-13-21(17)24(22)23(15)20/h1-14H/i1D,2D,3D,4D,5D,6D,7D,8D,9D,10D,11D,12D,13D,14D. The van der Waals surface area contributed by atoms with Crippen LogP contribution in [0.4, 0.5) is 0 Å². The summed E-state index contributed by atoms with van der Waals surface area (Å²) in [5, 5.41) is -1.55. The van der Waals surface area contributed by atoms with Crippen LogP contribution in [-0.2, 0) is 0 Å². The molecule has 0 aliphatic heterocycles. The summed E-state index contributed by atoms with van der Waals surface area (Å²) in [5.41, 5.74) is 0. The van der Waals surface area contributed by atoms with Gasteiger partial charge >= 0.3 is 0 Å². The Balaban J connectivity index is 2.25. The summed E-state index contributed by atoms with van der Waals surface area (Å²) in [6.07, 6.45) is 0. The molecular formula is C24H14. The van der Waals surface area contributed by atoms with Crippen LogP contribution < -0.4 is 0 Å². The van der Waals surface area contributed by atoms with Crippen molar-refractivity contribution >= 4 is 53.9 Å². The minimum absolute atomic E-state index is 0.0157. The minimum Gasteiger partial charge on any atom is -0.0616 e. The molecule has 0 heteroatoms. The highest BCUT2D eigenvalue weighted by Crippen LogP contribution is 2.42. The summed E-state index contributed by atoms with van der Waals surface area (Å²) >= 11 is 0. The first-order valence-electron chi connectivity index (χ1n) is 14.2. The van der Waals surface area contributed by atoms with Gasteiger partial charge in [-0.15, -0.1) is 0 Å². The van der Waals surface area contributed by atoms with Crippen molar-refractivity contribution < 1.29 is 19.2 Å². The summed E-state index contributed by atoms with van der Waals surface area (Å²) in [6, 6.07) is -7.94. The van der Waals surface area contributed by atoms with E-state index in [1.54, 1.807) is 0 Å². The lowest BCUT2D eigenvalue weighted by Gasteiger charge is -2.16. The Bertz CT molecular complexity index is 2110. The third-order valence-electron chi connectivity index (χ3n) is 4.31. The van der Waals surface area contributed by atoms with Gasteiger partial charge in [0.25, 0.3) is 0 Å². The molecule has 0 fully saturated rings. The van der Waals surface area contributed by atoms with Gasteiger partial charge in [0, 0.05) is 0 Å². The fourth-order valence-electron chi connectivity index (χ4n) is 3.34. The molecule has 0 unspecified atom stereocenters. The first-order valence-corrected chi connectivity index (χ1v) is 7.25. The van der Waals surface area contributed by atoms with E-state index in [1.165, 1.54) is 0 Å². The van der Waals surface area contributed by atoms with E-state index < -0.39 is 84.6 Å². The molecule has 0 saturated heterocycles. The maximum absolute atomic E-state index is 9.09. The summed E-state index contributed by atoms with van der Waals surface area (Å²) in [4.78, 5) is 0. The van der Waals surface area contributed by atoms with Gasteiger partial charge in [-0.25, -0.2) is 0 Å². The Morgan fingerprint density at radius 2 is 1.04 bits per heavy atom. The second-order valence-corrected chi connectivity index (χ2v) is 5.50. The van der Waals surface area contributed by atoms with Gasteiger partial charge in [-0.1, -0.05) is 78.6 Å².